The van der Waals surface area contributed by atoms with Crippen LogP contribution < -0.4 is 9.64 Å². The van der Waals surface area contributed by atoms with Gasteiger partial charge in [-0.3, -0.25) is 9.69 Å². The van der Waals surface area contributed by atoms with Crippen LogP contribution in [0.25, 0.3) is 0 Å². The van der Waals surface area contributed by atoms with E-state index in [0.717, 1.165) is 56.5 Å². The van der Waals surface area contributed by atoms with Crippen molar-refractivity contribution >= 4 is 22.3 Å². The number of fused-ring (bicyclic) bond motifs is 1. The molecule has 3 heterocycles. The van der Waals surface area contributed by atoms with E-state index in [2.05, 4.69) is 45.1 Å². The lowest BCUT2D eigenvalue weighted by Crippen LogP contribution is -2.47. The Morgan fingerprint density at radius 1 is 1.21 bits per heavy atom. The number of ketones is 1. The van der Waals surface area contributed by atoms with Gasteiger partial charge in [0.25, 0.3) is 0 Å². The SMILES string of the molecule is CCC(C)C(=O)c1nnc(N2CCN(C(C)c3ccc4c(c3)OCC4)CC2)s1. The number of benzene rings is 1. The molecular formula is C21H28N4O2S. The van der Waals surface area contributed by atoms with Gasteiger partial charge in [-0.1, -0.05) is 37.3 Å². The first-order valence-corrected chi connectivity index (χ1v) is 11.0. The van der Waals surface area contributed by atoms with E-state index in [1.165, 1.54) is 22.5 Å². The van der Waals surface area contributed by atoms with Gasteiger partial charge in [0.15, 0.2) is 10.8 Å². The molecule has 28 heavy (non-hydrogen) atoms. The molecule has 0 amide bonds. The Labute approximate surface area is 170 Å². The smallest absolute Gasteiger partial charge is 0.208 e. The zero-order chi connectivity index (χ0) is 19.7. The van der Waals surface area contributed by atoms with Crippen LogP contribution in [0, 0.1) is 5.92 Å². The van der Waals surface area contributed by atoms with Crippen molar-refractivity contribution in [1.29, 1.82) is 0 Å². The standard InChI is InChI=1S/C21H28N4O2S/c1-4-14(2)19(26)20-22-23-21(28-20)25-10-8-24(9-11-25)15(3)17-6-5-16-7-12-27-18(16)13-17/h5-6,13-15H,4,7-12H2,1-3H3. The van der Waals surface area contributed by atoms with E-state index in [1.54, 1.807) is 0 Å². The molecule has 0 saturated carbocycles. The normalized spacial score (nSPS) is 19.2. The Balaban J connectivity index is 1.37. The molecule has 1 aromatic carbocycles. The first-order valence-electron chi connectivity index (χ1n) is 10.2. The Hall–Kier alpha value is -1.99. The average molecular weight is 401 g/mol. The summed E-state index contributed by atoms with van der Waals surface area (Å²) in [5.41, 5.74) is 2.63. The maximum absolute atomic E-state index is 12.3. The van der Waals surface area contributed by atoms with Crippen molar-refractivity contribution in [3.05, 3.63) is 34.3 Å². The zero-order valence-electron chi connectivity index (χ0n) is 16.9. The first kappa shape index (κ1) is 19.3. The van der Waals surface area contributed by atoms with E-state index in [9.17, 15) is 4.79 Å². The molecule has 1 aromatic heterocycles. The summed E-state index contributed by atoms with van der Waals surface area (Å²) < 4.78 is 5.73. The highest BCUT2D eigenvalue weighted by atomic mass is 32.1. The van der Waals surface area contributed by atoms with Gasteiger partial charge in [0.1, 0.15) is 5.75 Å². The van der Waals surface area contributed by atoms with Crippen molar-refractivity contribution in [1.82, 2.24) is 15.1 Å². The molecule has 6 nitrogen and oxygen atoms in total. The van der Waals surface area contributed by atoms with E-state index in [0.29, 0.717) is 11.0 Å². The maximum atomic E-state index is 12.3. The van der Waals surface area contributed by atoms with Gasteiger partial charge in [0.05, 0.1) is 6.61 Å². The predicted octanol–water partition coefficient (Wildman–Crippen LogP) is 3.59. The minimum Gasteiger partial charge on any atom is -0.493 e. The number of nitrogens with zero attached hydrogens (tertiary/aromatic N) is 4. The molecule has 2 atom stereocenters. The molecule has 2 unspecified atom stereocenters. The number of rotatable bonds is 6. The highest BCUT2D eigenvalue weighted by Crippen LogP contribution is 2.31. The fraction of sp³-hybridized carbons (Fsp3) is 0.571. The van der Waals surface area contributed by atoms with E-state index < -0.39 is 0 Å². The molecule has 2 aliphatic heterocycles. The fourth-order valence-corrected chi connectivity index (χ4v) is 4.74. The molecule has 0 bridgehead atoms. The summed E-state index contributed by atoms with van der Waals surface area (Å²) in [6.07, 6.45) is 1.85. The van der Waals surface area contributed by atoms with Gasteiger partial charge in [-0.25, -0.2) is 0 Å². The largest absolute Gasteiger partial charge is 0.493 e. The Morgan fingerprint density at radius 2 is 2.00 bits per heavy atom. The number of anilines is 1. The third-order valence-electron chi connectivity index (χ3n) is 6.02. The topological polar surface area (TPSA) is 58.6 Å². The number of hydrogen-bond acceptors (Lipinski definition) is 7. The summed E-state index contributed by atoms with van der Waals surface area (Å²) in [5, 5.41) is 9.83. The minimum atomic E-state index is 0.00907. The number of ether oxygens (including phenoxy) is 1. The lowest BCUT2D eigenvalue weighted by molar-refractivity contribution is 0.0926. The van der Waals surface area contributed by atoms with Crippen LogP contribution in [0.4, 0.5) is 5.13 Å². The fourth-order valence-electron chi connectivity index (χ4n) is 3.79. The number of carbonyl (C=O) groups excluding carboxylic acids is 1. The van der Waals surface area contributed by atoms with Crippen LogP contribution in [0.3, 0.4) is 0 Å². The van der Waals surface area contributed by atoms with Gasteiger partial charge in [-0.2, -0.15) is 0 Å². The van der Waals surface area contributed by atoms with Crippen LogP contribution in [0.1, 0.15) is 54.2 Å². The van der Waals surface area contributed by atoms with E-state index in [-0.39, 0.29) is 11.7 Å². The number of piperazine rings is 1. The molecular weight excluding hydrogens is 372 g/mol. The van der Waals surface area contributed by atoms with E-state index >= 15 is 0 Å². The van der Waals surface area contributed by atoms with Crippen LogP contribution in [-0.4, -0.2) is 53.7 Å². The molecule has 0 N–H and O–H groups in total. The Bertz CT molecular complexity index is 845. The van der Waals surface area contributed by atoms with Crippen molar-refractivity contribution in [2.45, 2.75) is 39.7 Å². The third kappa shape index (κ3) is 3.78. The summed E-state index contributed by atoms with van der Waals surface area (Å²) in [5.74, 6) is 1.17. The van der Waals surface area contributed by atoms with Gasteiger partial charge in [0.2, 0.25) is 5.13 Å². The Morgan fingerprint density at radius 3 is 2.75 bits per heavy atom. The van der Waals surface area contributed by atoms with Crippen LogP contribution in [0.5, 0.6) is 5.75 Å². The molecule has 2 aliphatic rings. The van der Waals surface area contributed by atoms with E-state index in [4.69, 9.17) is 4.74 Å². The molecule has 0 spiro atoms. The Kier molecular flexibility index (Phi) is 5.64. The number of aromatic nitrogens is 2. The van der Waals surface area contributed by atoms with Crippen LogP contribution in [0.15, 0.2) is 18.2 Å². The van der Waals surface area contributed by atoms with Crippen molar-refractivity contribution in [2.24, 2.45) is 5.92 Å². The molecule has 0 aliphatic carbocycles. The highest BCUT2D eigenvalue weighted by molar-refractivity contribution is 7.17. The van der Waals surface area contributed by atoms with Crippen molar-refractivity contribution in [2.75, 3.05) is 37.7 Å². The maximum Gasteiger partial charge on any atom is 0.208 e. The summed E-state index contributed by atoms with van der Waals surface area (Å²) in [6.45, 7) is 10.8. The summed E-state index contributed by atoms with van der Waals surface area (Å²) in [7, 11) is 0. The van der Waals surface area contributed by atoms with Gasteiger partial charge < -0.3 is 9.64 Å². The molecule has 7 heteroatoms. The molecule has 1 saturated heterocycles. The second-order valence-electron chi connectivity index (χ2n) is 7.73. The molecule has 1 fully saturated rings. The quantitative estimate of drug-likeness (QED) is 0.691. The first-order chi connectivity index (χ1) is 13.6. The van der Waals surface area contributed by atoms with E-state index in [1.807, 2.05) is 13.8 Å². The second kappa shape index (κ2) is 8.17. The van der Waals surface area contributed by atoms with Crippen LogP contribution in [0.2, 0.25) is 0 Å². The zero-order valence-corrected chi connectivity index (χ0v) is 17.7. The predicted molar refractivity (Wildman–Crippen MR) is 112 cm³/mol. The van der Waals surface area contributed by atoms with Gasteiger partial charge >= 0.3 is 0 Å². The second-order valence-corrected chi connectivity index (χ2v) is 8.68. The highest BCUT2D eigenvalue weighted by Gasteiger charge is 2.26. The molecule has 0 radical (unpaired) electrons. The lowest BCUT2D eigenvalue weighted by atomic mass is 10.0. The van der Waals surface area contributed by atoms with Gasteiger partial charge in [0, 0.05) is 44.6 Å². The minimum absolute atomic E-state index is 0.00907. The van der Waals surface area contributed by atoms with Crippen LogP contribution >= 0.6 is 11.3 Å². The summed E-state index contributed by atoms with van der Waals surface area (Å²) in [6, 6.07) is 7.01. The number of Topliss-reactive ketones (excluding diaryl/α,β-unsaturated/α-hetero) is 1. The lowest BCUT2D eigenvalue weighted by Gasteiger charge is -2.38. The average Bonchev–Trinajstić information content (AvgIpc) is 3.41. The molecule has 2 aromatic rings. The van der Waals surface area contributed by atoms with Crippen molar-refractivity contribution in [3.8, 4) is 5.75 Å². The molecule has 150 valence electrons. The van der Waals surface area contributed by atoms with Crippen molar-refractivity contribution in [3.63, 3.8) is 0 Å². The van der Waals surface area contributed by atoms with Crippen molar-refractivity contribution < 1.29 is 9.53 Å². The number of carbonyl (C=O) groups is 1. The summed E-state index contributed by atoms with van der Waals surface area (Å²) in [4.78, 5) is 17.1. The molecule has 4 rings (SSSR count). The van der Waals surface area contributed by atoms with Gasteiger partial charge in [-0.15, -0.1) is 10.2 Å². The number of hydrogen-bond donors (Lipinski definition) is 0. The monoisotopic (exact) mass is 400 g/mol. The third-order valence-corrected chi connectivity index (χ3v) is 7.02. The summed E-state index contributed by atoms with van der Waals surface area (Å²) >= 11 is 1.43. The van der Waals surface area contributed by atoms with Crippen LogP contribution in [-0.2, 0) is 6.42 Å². The van der Waals surface area contributed by atoms with Gasteiger partial charge in [-0.05, 0) is 30.5 Å².